The van der Waals surface area contributed by atoms with Crippen molar-refractivity contribution in [1.82, 2.24) is 4.90 Å². The van der Waals surface area contributed by atoms with E-state index in [4.69, 9.17) is 4.74 Å². The summed E-state index contributed by atoms with van der Waals surface area (Å²) < 4.78 is 43.9. The summed E-state index contributed by atoms with van der Waals surface area (Å²) in [6, 6.07) is -0.424. The van der Waals surface area contributed by atoms with Gasteiger partial charge in [-0.05, 0) is 26.3 Å². The number of hydrogen-bond acceptors (Lipinski definition) is 4. The predicted octanol–water partition coefficient (Wildman–Crippen LogP) is 1.55. The molecule has 17 heavy (non-hydrogen) atoms. The Labute approximate surface area is 97.7 Å². The van der Waals surface area contributed by atoms with Crippen molar-refractivity contribution in [3.8, 4) is 0 Å². The van der Waals surface area contributed by atoms with Crippen LogP contribution >= 0.6 is 0 Å². The van der Waals surface area contributed by atoms with Gasteiger partial charge in [0.1, 0.15) is 6.04 Å². The number of ether oxygens (including phenoxy) is 2. The van der Waals surface area contributed by atoms with Crippen LogP contribution in [0.1, 0.15) is 19.8 Å². The standard InChI is InChI=1S/C10H16F3NO3/c1-2-16-9(15)8-4-3-5-14(8)6-7-17-10(11,12)13/h8H,2-7H2,1H3. The van der Waals surface area contributed by atoms with Crippen LogP contribution in [0.3, 0.4) is 0 Å². The van der Waals surface area contributed by atoms with Gasteiger partial charge >= 0.3 is 12.3 Å². The third-order valence-electron chi connectivity index (χ3n) is 2.57. The molecule has 0 aromatic carbocycles. The maximum atomic E-state index is 11.8. The first kappa shape index (κ1) is 14.2. The third-order valence-corrected chi connectivity index (χ3v) is 2.57. The molecule has 0 aliphatic carbocycles. The highest BCUT2D eigenvalue weighted by Gasteiger charge is 2.33. The zero-order chi connectivity index (χ0) is 12.9. The maximum absolute atomic E-state index is 11.8. The molecule has 1 rings (SSSR count). The molecule has 1 aliphatic heterocycles. The zero-order valence-corrected chi connectivity index (χ0v) is 9.63. The molecule has 0 amide bonds. The number of carbonyl (C=O) groups excluding carboxylic acids is 1. The maximum Gasteiger partial charge on any atom is 0.522 e. The molecule has 1 fully saturated rings. The minimum Gasteiger partial charge on any atom is -0.465 e. The number of alkyl halides is 3. The molecule has 0 aromatic heterocycles. The van der Waals surface area contributed by atoms with Crippen molar-refractivity contribution in [3.63, 3.8) is 0 Å². The molecule has 1 unspecified atom stereocenters. The van der Waals surface area contributed by atoms with Crippen LogP contribution in [0, 0.1) is 0 Å². The van der Waals surface area contributed by atoms with E-state index in [0.717, 1.165) is 6.42 Å². The fraction of sp³-hybridized carbons (Fsp3) is 0.900. The van der Waals surface area contributed by atoms with Crippen molar-refractivity contribution in [2.45, 2.75) is 32.2 Å². The molecule has 0 N–H and O–H groups in total. The van der Waals surface area contributed by atoms with Crippen molar-refractivity contribution in [1.29, 1.82) is 0 Å². The Hall–Kier alpha value is -0.820. The Kier molecular flexibility index (Phi) is 5.20. The van der Waals surface area contributed by atoms with Crippen molar-refractivity contribution >= 4 is 5.97 Å². The molecule has 0 saturated carbocycles. The van der Waals surface area contributed by atoms with Crippen LogP contribution < -0.4 is 0 Å². The summed E-state index contributed by atoms with van der Waals surface area (Å²) in [7, 11) is 0. The van der Waals surface area contributed by atoms with Crippen LogP contribution in [0.25, 0.3) is 0 Å². The van der Waals surface area contributed by atoms with Crippen molar-refractivity contribution in [3.05, 3.63) is 0 Å². The first-order chi connectivity index (χ1) is 7.94. The largest absolute Gasteiger partial charge is 0.522 e. The molecule has 4 nitrogen and oxygen atoms in total. The summed E-state index contributed by atoms with van der Waals surface area (Å²) in [5.41, 5.74) is 0. The number of carbonyl (C=O) groups is 1. The van der Waals surface area contributed by atoms with Gasteiger partial charge in [-0.1, -0.05) is 0 Å². The minimum absolute atomic E-state index is 0.0863. The van der Waals surface area contributed by atoms with E-state index in [9.17, 15) is 18.0 Å². The summed E-state index contributed by atoms with van der Waals surface area (Å²) in [6.45, 7) is 2.21. The quantitative estimate of drug-likeness (QED) is 0.699. The van der Waals surface area contributed by atoms with Gasteiger partial charge in [0, 0.05) is 6.54 Å². The number of likely N-dealkylation sites (tertiary alicyclic amines) is 1. The molecule has 1 heterocycles. The molecule has 100 valence electrons. The first-order valence-corrected chi connectivity index (χ1v) is 5.55. The average Bonchev–Trinajstić information content (AvgIpc) is 2.64. The second-order valence-electron chi connectivity index (χ2n) is 3.74. The van der Waals surface area contributed by atoms with Gasteiger partial charge in [-0.15, -0.1) is 13.2 Å². The lowest BCUT2D eigenvalue weighted by Crippen LogP contribution is -2.39. The number of nitrogens with zero attached hydrogens (tertiary/aromatic N) is 1. The van der Waals surface area contributed by atoms with E-state index >= 15 is 0 Å². The Morgan fingerprint density at radius 2 is 2.18 bits per heavy atom. The van der Waals surface area contributed by atoms with Gasteiger partial charge in [0.2, 0.25) is 0 Å². The van der Waals surface area contributed by atoms with E-state index < -0.39 is 19.0 Å². The lowest BCUT2D eigenvalue weighted by molar-refractivity contribution is -0.325. The molecule has 0 radical (unpaired) electrons. The van der Waals surface area contributed by atoms with Crippen LogP contribution in [0.5, 0.6) is 0 Å². The molecule has 1 saturated heterocycles. The molecule has 7 heteroatoms. The van der Waals surface area contributed by atoms with Crippen molar-refractivity contribution < 1.29 is 27.4 Å². The van der Waals surface area contributed by atoms with E-state index in [2.05, 4.69) is 4.74 Å². The van der Waals surface area contributed by atoms with Gasteiger partial charge in [0.05, 0.1) is 13.2 Å². The Morgan fingerprint density at radius 1 is 1.47 bits per heavy atom. The summed E-state index contributed by atoms with van der Waals surface area (Å²) in [5, 5.41) is 0. The molecule has 1 atom stereocenters. The predicted molar refractivity (Wildman–Crippen MR) is 53.2 cm³/mol. The molecule has 0 spiro atoms. The summed E-state index contributed by atoms with van der Waals surface area (Å²) in [5.74, 6) is -0.364. The van der Waals surface area contributed by atoms with Gasteiger partial charge in [-0.3, -0.25) is 14.4 Å². The highest BCUT2D eigenvalue weighted by atomic mass is 19.4. The third kappa shape index (κ3) is 4.91. The minimum atomic E-state index is -4.61. The Balaban J connectivity index is 2.34. The van der Waals surface area contributed by atoms with Gasteiger partial charge in [0.25, 0.3) is 0 Å². The zero-order valence-electron chi connectivity index (χ0n) is 9.63. The van der Waals surface area contributed by atoms with Crippen LogP contribution in [0.4, 0.5) is 13.2 Å². The molecule has 1 aliphatic rings. The van der Waals surface area contributed by atoms with E-state index in [1.54, 1.807) is 11.8 Å². The smallest absolute Gasteiger partial charge is 0.465 e. The SMILES string of the molecule is CCOC(=O)C1CCCN1CCOC(F)(F)F. The van der Waals surface area contributed by atoms with E-state index in [1.165, 1.54) is 0 Å². The highest BCUT2D eigenvalue weighted by molar-refractivity contribution is 5.76. The molecule has 0 bridgehead atoms. The van der Waals surface area contributed by atoms with Crippen LogP contribution in [0.15, 0.2) is 0 Å². The summed E-state index contributed by atoms with van der Waals surface area (Å²) in [4.78, 5) is 13.2. The first-order valence-electron chi connectivity index (χ1n) is 5.55. The number of rotatable bonds is 5. The Bertz CT molecular complexity index is 258. The van der Waals surface area contributed by atoms with Crippen molar-refractivity contribution in [2.24, 2.45) is 0 Å². The van der Waals surface area contributed by atoms with Gasteiger partial charge in [-0.2, -0.15) is 0 Å². The lowest BCUT2D eigenvalue weighted by Gasteiger charge is -2.22. The van der Waals surface area contributed by atoms with Gasteiger partial charge < -0.3 is 4.74 Å². The second-order valence-corrected chi connectivity index (χ2v) is 3.74. The van der Waals surface area contributed by atoms with Crippen molar-refractivity contribution in [2.75, 3.05) is 26.3 Å². The fourth-order valence-electron chi connectivity index (χ4n) is 1.88. The monoisotopic (exact) mass is 255 g/mol. The number of esters is 1. The lowest BCUT2D eigenvalue weighted by atomic mass is 10.2. The molecule has 0 aromatic rings. The number of hydrogen-bond donors (Lipinski definition) is 0. The van der Waals surface area contributed by atoms with Crippen LogP contribution in [0.2, 0.25) is 0 Å². The van der Waals surface area contributed by atoms with E-state index in [-0.39, 0.29) is 19.1 Å². The fourth-order valence-corrected chi connectivity index (χ4v) is 1.88. The van der Waals surface area contributed by atoms with Crippen LogP contribution in [-0.4, -0.2) is 49.6 Å². The Morgan fingerprint density at radius 3 is 2.76 bits per heavy atom. The normalized spacial score (nSPS) is 21.8. The average molecular weight is 255 g/mol. The second kappa shape index (κ2) is 6.20. The van der Waals surface area contributed by atoms with Crippen LogP contribution in [-0.2, 0) is 14.3 Å². The van der Waals surface area contributed by atoms with E-state index in [1.807, 2.05) is 0 Å². The summed E-state index contributed by atoms with van der Waals surface area (Å²) in [6.07, 6.45) is -3.19. The highest BCUT2D eigenvalue weighted by Crippen LogP contribution is 2.20. The topological polar surface area (TPSA) is 38.8 Å². The van der Waals surface area contributed by atoms with Gasteiger partial charge in [0.15, 0.2) is 0 Å². The number of halogens is 3. The van der Waals surface area contributed by atoms with Gasteiger partial charge in [-0.25, -0.2) is 0 Å². The summed E-state index contributed by atoms with van der Waals surface area (Å²) >= 11 is 0. The van der Waals surface area contributed by atoms with E-state index in [0.29, 0.717) is 13.0 Å². The molecular formula is C10H16F3NO3. The molecular weight excluding hydrogens is 239 g/mol.